The third-order valence-electron chi connectivity index (χ3n) is 2.45. The molecule has 4 heteroatoms. The summed E-state index contributed by atoms with van der Waals surface area (Å²) in [4.78, 5) is 11.3. The number of hydrogen-bond acceptors (Lipinski definition) is 3. The molecule has 0 bridgehead atoms. The Kier molecular flexibility index (Phi) is 2.48. The molecule has 0 radical (unpaired) electrons. The van der Waals surface area contributed by atoms with Gasteiger partial charge in [-0.3, -0.25) is 9.00 Å². The standard InChI is InChI=1S/C10H10O3S/c11-10-5-4-8-7(6-14(12)13)2-1-3-9(8)10/h1-3H,4-6H2,(H,12,13)/p-1. The first kappa shape index (κ1) is 9.55. The van der Waals surface area contributed by atoms with Crippen molar-refractivity contribution in [3.63, 3.8) is 0 Å². The summed E-state index contributed by atoms with van der Waals surface area (Å²) in [5, 5.41) is 0. The summed E-state index contributed by atoms with van der Waals surface area (Å²) >= 11 is -2.08. The van der Waals surface area contributed by atoms with Gasteiger partial charge in [-0.05, 0) is 17.5 Å². The normalized spacial score (nSPS) is 16.8. The number of rotatable bonds is 2. The Bertz CT molecular complexity index is 412. The fourth-order valence-corrected chi connectivity index (χ4v) is 2.35. The van der Waals surface area contributed by atoms with Gasteiger partial charge < -0.3 is 4.55 Å². The third-order valence-corrected chi connectivity index (χ3v) is 3.00. The van der Waals surface area contributed by atoms with Crippen LogP contribution in [-0.4, -0.2) is 14.5 Å². The average molecular weight is 209 g/mol. The summed E-state index contributed by atoms with van der Waals surface area (Å²) in [5.41, 5.74) is 2.39. The van der Waals surface area contributed by atoms with E-state index in [1.165, 1.54) is 0 Å². The molecule has 1 unspecified atom stereocenters. The van der Waals surface area contributed by atoms with Gasteiger partial charge in [-0.25, -0.2) is 0 Å². The number of fused-ring (bicyclic) bond motifs is 1. The molecule has 74 valence electrons. The van der Waals surface area contributed by atoms with Crippen molar-refractivity contribution < 1.29 is 13.6 Å². The molecule has 0 aliphatic heterocycles. The highest BCUT2D eigenvalue weighted by Crippen LogP contribution is 2.25. The molecule has 14 heavy (non-hydrogen) atoms. The van der Waals surface area contributed by atoms with Crippen LogP contribution in [0.5, 0.6) is 0 Å². The molecule has 0 N–H and O–H groups in total. The molecule has 0 spiro atoms. The van der Waals surface area contributed by atoms with Crippen molar-refractivity contribution >= 4 is 16.9 Å². The van der Waals surface area contributed by atoms with E-state index in [9.17, 15) is 13.6 Å². The summed E-state index contributed by atoms with van der Waals surface area (Å²) in [5.74, 6) is 0.134. The van der Waals surface area contributed by atoms with Crippen LogP contribution in [0, 0.1) is 0 Å². The second-order valence-corrected chi connectivity index (χ2v) is 4.21. The lowest BCUT2D eigenvalue weighted by atomic mass is 10.0. The van der Waals surface area contributed by atoms with Crippen molar-refractivity contribution in [1.29, 1.82) is 0 Å². The van der Waals surface area contributed by atoms with E-state index in [1.54, 1.807) is 18.2 Å². The minimum Gasteiger partial charge on any atom is -0.772 e. The second kappa shape index (κ2) is 3.63. The Morgan fingerprint density at radius 3 is 2.86 bits per heavy atom. The fraction of sp³-hybridized carbons (Fsp3) is 0.300. The highest BCUT2D eigenvalue weighted by molar-refractivity contribution is 7.78. The van der Waals surface area contributed by atoms with Gasteiger partial charge in [-0.2, -0.15) is 0 Å². The molecule has 0 saturated heterocycles. The predicted molar refractivity (Wildman–Crippen MR) is 51.7 cm³/mol. The van der Waals surface area contributed by atoms with Crippen LogP contribution < -0.4 is 0 Å². The first-order valence-corrected chi connectivity index (χ1v) is 5.62. The number of hydrogen-bond donors (Lipinski definition) is 0. The monoisotopic (exact) mass is 209 g/mol. The first-order valence-electron chi connectivity index (χ1n) is 4.38. The van der Waals surface area contributed by atoms with E-state index < -0.39 is 11.1 Å². The lowest BCUT2D eigenvalue weighted by molar-refractivity contribution is 0.0994. The SMILES string of the molecule is O=C1CCc2c(CS(=O)[O-])cccc21. The molecule has 0 heterocycles. The molecule has 1 aromatic carbocycles. The summed E-state index contributed by atoms with van der Waals surface area (Å²) in [6, 6.07) is 5.28. The molecule has 1 atom stereocenters. The number of ketones is 1. The predicted octanol–water partition coefficient (Wildman–Crippen LogP) is 1.19. The fourth-order valence-electron chi connectivity index (χ4n) is 1.83. The van der Waals surface area contributed by atoms with Crippen molar-refractivity contribution in [1.82, 2.24) is 0 Å². The van der Waals surface area contributed by atoms with Gasteiger partial charge in [0, 0.05) is 17.7 Å². The zero-order valence-corrected chi connectivity index (χ0v) is 8.30. The summed E-state index contributed by atoms with van der Waals surface area (Å²) in [6.45, 7) is 0. The van der Waals surface area contributed by atoms with Gasteiger partial charge in [0.1, 0.15) is 0 Å². The van der Waals surface area contributed by atoms with Gasteiger partial charge >= 0.3 is 0 Å². The third kappa shape index (κ3) is 1.63. The Morgan fingerprint density at radius 1 is 1.36 bits per heavy atom. The lowest BCUT2D eigenvalue weighted by Gasteiger charge is -2.09. The Labute approximate surface area is 84.4 Å². The van der Waals surface area contributed by atoms with Crippen molar-refractivity contribution in [2.45, 2.75) is 18.6 Å². The Morgan fingerprint density at radius 2 is 2.14 bits per heavy atom. The molecule has 0 aromatic heterocycles. The van der Waals surface area contributed by atoms with E-state index in [4.69, 9.17) is 0 Å². The van der Waals surface area contributed by atoms with Crippen LogP contribution in [-0.2, 0) is 23.3 Å². The Hall–Kier alpha value is -1.00. The van der Waals surface area contributed by atoms with Crippen molar-refractivity contribution in [3.05, 3.63) is 34.9 Å². The zero-order valence-electron chi connectivity index (χ0n) is 7.49. The maximum absolute atomic E-state index is 11.3. The maximum atomic E-state index is 11.3. The molecular formula is C10H9O3S-. The minimum absolute atomic E-state index is 0.0104. The molecule has 1 aliphatic rings. The van der Waals surface area contributed by atoms with Gasteiger partial charge in [0.25, 0.3) is 0 Å². The quantitative estimate of drug-likeness (QED) is 0.687. The molecular weight excluding hydrogens is 200 g/mol. The summed E-state index contributed by atoms with van der Waals surface area (Å²) < 4.78 is 21.1. The number of Topliss-reactive ketones (excluding diaryl/α,β-unsaturated/α-hetero) is 1. The van der Waals surface area contributed by atoms with Crippen molar-refractivity contribution in [2.24, 2.45) is 0 Å². The molecule has 1 aromatic rings. The van der Waals surface area contributed by atoms with Gasteiger partial charge in [-0.15, -0.1) is 0 Å². The number of carbonyl (C=O) groups excluding carboxylic acids is 1. The highest BCUT2D eigenvalue weighted by atomic mass is 32.2. The van der Waals surface area contributed by atoms with Gasteiger partial charge in [0.05, 0.1) is 0 Å². The molecule has 0 amide bonds. The van der Waals surface area contributed by atoms with E-state index in [0.717, 1.165) is 11.1 Å². The van der Waals surface area contributed by atoms with E-state index in [2.05, 4.69) is 0 Å². The van der Waals surface area contributed by atoms with Crippen LogP contribution in [0.15, 0.2) is 18.2 Å². The molecule has 0 saturated carbocycles. The first-order chi connectivity index (χ1) is 6.68. The smallest absolute Gasteiger partial charge is 0.163 e. The maximum Gasteiger partial charge on any atom is 0.163 e. The largest absolute Gasteiger partial charge is 0.772 e. The van der Waals surface area contributed by atoms with Crippen LogP contribution >= 0.6 is 0 Å². The average Bonchev–Trinajstić information content (AvgIpc) is 2.49. The van der Waals surface area contributed by atoms with Crippen LogP contribution in [0.4, 0.5) is 0 Å². The van der Waals surface area contributed by atoms with Crippen molar-refractivity contribution in [2.75, 3.05) is 0 Å². The number of carbonyl (C=O) groups is 1. The topological polar surface area (TPSA) is 57.2 Å². The van der Waals surface area contributed by atoms with Crippen LogP contribution in [0.25, 0.3) is 0 Å². The summed E-state index contributed by atoms with van der Waals surface area (Å²) in [7, 11) is 0. The van der Waals surface area contributed by atoms with E-state index in [0.29, 0.717) is 18.4 Å². The zero-order chi connectivity index (χ0) is 10.1. The lowest BCUT2D eigenvalue weighted by Crippen LogP contribution is -1.99. The van der Waals surface area contributed by atoms with Crippen molar-refractivity contribution in [3.8, 4) is 0 Å². The van der Waals surface area contributed by atoms with Crippen LogP contribution in [0.1, 0.15) is 27.9 Å². The molecule has 2 rings (SSSR count). The summed E-state index contributed by atoms with van der Waals surface area (Å²) in [6.07, 6.45) is 1.19. The van der Waals surface area contributed by atoms with E-state index in [-0.39, 0.29) is 11.5 Å². The molecule has 0 fully saturated rings. The number of benzene rings is 1. The van der Waals surface area contributed by atoms with Crippen LogP contribution in [0.3, 0.4) is 0 Å². The Balaban J connectivity index is 2.43. The highest BCUT2D eigenvalue weighted by Gasteiger charge is 2.21. The molecule has 3 nitrogen and oxygen atoms in total. The molecule has 1 aliphatic carbocycles. The van der Waals surface area contributed by atoms with Gasteiger partial charge in [-0.1, -0.05) is 29.3 Å². The van der Waals surface area contributed by atoms with Crippen LogP contribution in [0.2, 0.25) is 0 Å². The second-order valence-electron chi connectivity index (χ2n) is 3.31. The minimum atomic E-state index is -2.08. The van der Waals surface area contributed by atoms with E-state index in [1.807, 2.05) is 0 Å². The van der Waals surface area contributed by atoms with E-state index >= 15 is 0 Å². The van der Waals surface area contributed by atoms with Gasteiger partial charge in [0.15, 0.2) is 5.78 Å². The van der Waals surface area contributed by atoms with Gasteiger partial charge in [0.2, 0.25) is 0 Å².